The quantitative estimate of drug-likeness (QED) is 0.343. The molecule has 2 rings (SSSR count). The Morgan fingerprint density at radius 3 is 2.41 bits per heavy atom. The van der Waals surface area contributed by atoms with Crippen LogP contribution in [-0.4, -0.2) is 45.7 Å². The van der Waals surface area contributed by atoms with E-state index in [1.54, 1.807) is 26.3 Å². The van der Waals surface area contributed by atoms with Gasteiger partial charge in [-0.15, -0.1) is 0 Å². The molecule has 156 valence electrons. The molecule has 0 unspecified atom stereocenters. The first-order valence-electron chi connectivity index (χ1n) is 9.61. The number of ether oxygens (including phenoxy) is 1. The maximum atomic E-state index is 12.9. The van der Waals surface area contributed by atoms with Crippen molar-refractivity contribution in [2.75, 3.05) is 33.8 Å². The van der Waals surface area contributed by atoms with Gasteiger partial charge in [0.25, 0.3) is 0 Å². The van der Waals surface area contributed by atoms with Crippen LogP contribution in [0.25, 0.3) is 0 Å². The van der Waals surface area contributed by atoms with E-state index < -0.39 is 0 Å². The van der Waals surface area contributed by atoms with Gasteiger partial charge in [-0.3, -0.25) is 9.79 Å². The fourth-order valence-corrected chi connectivity index (χ4v) is 2.87. The van der Waals surface area contributed by atoms with Crippen LogP contribution in [-0.2, 0) is 17.6 Å². The van der Waals surface area contributed by atoms with Crippen LogP contribution in [0.4, 0.5) is 4.39 Å². The van der Waals surface area contributed by atoms with E-state index in [9.17, 15) is 9.18 Å². The standard InChI is InChI=1S/C22H29FN4O2/c1-16-4-9-20(29-3)18(14-16)10-11-26-22(24-2)27-13-12-25-21(28)15-17-5-7-19(23)8-6-17/h4-9,14H,10-13,15H2,1-3H3,(H,25,28)(H2,24,26,27). The normalized spacial score (nSPS) is 11.1. The number of methoxy groups -OCH3 is 1. The van der Waals surface area contributed by atoms with Gasteiger partial charge >= 0.3 is 0 Å². The molecular weight excluding hydrogens is 371 g/mol. The van der Waals surface area contributed by atoms with Crippen LogP contribution in [0.5, 0.6) is 5.75 Å². The van der Waals surface area contributed by atoms with E-state index in [1.807, 2.05) is 12.1 Å². The van der Waals surface area contributed by atoms with Gasteiger partial charge in [0.05, 0.1) is 13.5 Å². The highest BCUT2D eigenvalue weighted by Gasteiger charge is 2.05. The summed E-state index contributed by atoms with van der Waals surface area (Å²) in [6, 6.07) is 12.1. The second kappa shape index (κ2) is 11.7. The summed E-state index contributed by atoms with van der Waals surface area (Å²) in [4.78, 5) is 16.1. The lowest BCUT2D eigenvalue weighted by Crippen LogP contribution is -2.42. The Bertz CT molecular complexity index is 822. The number of guanidine groups is 1. The van der Waals surface area contributed by atoms with Gasteiger partial charge in [0.1, 0.15) is 11.6 Å². The van der Waals surface area contributed by atoms with E-state index in [0.29, 0.717) is 25.6 Å². The number of aryl methyl sites for hydroxylation is 1. The highest BCUT2D eigenvalue weighted by Crippen LogP contribution is 2.19. The molecule has 0 saturated heterocycles. The molecule has 1 amide bonds. The number of nitrogens with one attached hydrogen (secondary N) is 3. The van der Waals surface area contributed by atoms with Gasteiger partial charge in [-0.1, -0.05) is 29.8 Å². The maximum Gasteiger partial charge on any atom is 0.224 e. The van der Waals surface area contributed by atoms with Gasteiger partial charge in [0.2, 0.25) is 5.91 Å². The van der Waals surface area contributed by atoms with Gasteiger partial charge in [-0.2, -0.15) is 0 Å². The third-order valence-electron chi connectivity index (χ3n) is 4.36. The van der Waals surface area contributed by atoms with Crippen LogP contribution in [0.1, 0.15) is 16.7 Å². The summed E-state index contributed by atoms with van der Waals surface area (Å²) in [5, 5.41) is 9.26. The van der Waals surface area contributed by atoms with Crippen molar-refractivity contribution in [3.05, 3.63) is 65.0 Å². The number of hydrogen-bond acceptors (Lipinski definition) is 3. The molecule has 3 N–H and O–H groups in total. The Morgan fingerprint density at radius 2 is 1.72 bits per heavy atom. The molecule has 29 heavy (non-hydrogen) atoms. The van der Waals surface area contributed by atoms with Gasteiger partial charge in [0, 0.05) is 26.7 Å². The molecule has 0 fully saturated rings. The minimum atomic E-state index is -0.307. The van der Waals surface area contributed by atoms with E-state index in [2.05, 4.69) is 33.9 Å². The predicted octanol–water partition coefficient (Wildman–Crippen LogP) is 2.21. The zero-order valence-corrected chi connectivity index (χ0v) is 17.2. The molecule has 0 atom stereocenters. The Morgan fingerprint density at radius 1 is 1.03 bits per heavy atom. The number of rotatable bonds is 9. The molecule has 0 aliphatic heterocycles. The third-order valence-corrected chi connectivity index (χ3v) is 4.36. The van der Waals surface area contributed by atoms with E-state index in [1.165, 1.54) is 17.7 Å². The minimum Gasteiger partial charge on any atom is -0.496 e. The van der Waals surface area contributed by atoms with Gasteiger partial charge < -0.3 is 20.7 Å². The maximum absolute atomic E-state index is 12.9. The number of carbonyl (C=O) groups excluding carboxylic acids is 1. The summed E-state index contributed by atoms with van der Waals surface area (Å²) < 4.78 is 18.3. The van der Waals surface area contributed by atoms with Crippen molar-refractivity contribution in [2.45, 2.75) is 19.8 Å². The van der Waals surface area contributed by atoms with Crippen molar-refractivity contribution < 1.29 is 13.9 Å². The SMILES string of the molecule is CN=C(NCCNC(=O)Cc1ccc(F)cc1)NCCc1cc(C)ccc1OC. The van der Waals surface area contributed by atoms with Crippen molar-refractivity contribution >= 4 is 11.9 Å². The second-order valence-electron chi connectivity index (χ2n) is 6.64. The fourth-order valence-electron chi connectivity index (χ4n) is 2.87. The zero-order valence-electron chi connectivity index (χ0n) is 17.2. The number of nitrogens with zero attached hydrogens (tertiary/aromatic N) is 1. The number of hydrogen-bond donors (Lipinski definition) is 3. The van der Waals surface area contributed by atoms with Gasteiger partial charge in [-0.05, 0) is 42.7 Å². The Kier molecular flexibility index (Phi) is 8.95. The highest BCUT2D eigenvalue weighted by molar-refractivity contribution is 5.80. The summed E-state index contributed by atoms with van der Waals surface area (Å²) >= 11 is 0. The van der Waals surface area contributed by atoms with Crippen LogP contribution < -0.4 is 20.7 Å². The lowest BCUT2D eigenvalue weighted by atomic mass is 10.1. The Labute approximate surface area is 171 Å². The van der Waals surface area contributed by atoms with Crippen molar-refractivity contribution in [1.29, 1.82) is 0 Å². The zero-order chi connectivity index (χ0) is 21.1. The third kappa shape index (κ3) is 7.81. The first-order valence-corrected chi connectivity index (χ1v) is 9.61. The number of amides is 1. The summed E-state index contributed by atoms with van der Waals surface area (Å²) in [7, 11) is 3.38. The second-order valence-corrected chi connectivity index (χ2v) is 6.64. The average molecular weight is 400 g/mol. The van der Waals surface area contributed by atoms with Crippen molar-refractivity contribution in [1.82, 2.24) is 16.0 Å². The number of halogens is 1. The van der Waals surface area contributed by atoms with Gasteiger partial charge in [0.15, 0.2) is 5.96 Å². The average Bonchev–Trinajstić information content (AvgIpc) is 2.71. The van der Waals surface area contributed by atoms with E-state index in [-0.39, 0.29) is 18.1 Å². The summed E-state index contributed by atoms with van der Waals surface area (Å²) in [6.07, 6.45) is 1.03. The predicted molar refractivity (Wildman–Crippen MR) is 114 cm³/mol. The molecule has 0 saturated carbocycles. The van der Waals surface area contributed by atoms with Crippen LogP contribution >= 0.6 is 0 Å². The summed E-state index contributed by atoms with van der Waals surface area (Å²) in [6.45, 7) is 3.77. The lowest BCUT2D eigenvalue weighted by Gasteiger charge is -2.14. The number of aliphatic imine (C=N–C) groups is 1. The van der Waals surface area contributed by atoms with Crippen molar-refractivity contribution in [2.24, 2.45) is 4.99 Å². The number of carbonyl (C=O) groups is 1. The molecule has 0 aliphatic carbocycles. The molecule has 0 heterocycles. The molecular formula is C22H29FN4O2. The highest BCUT2D eigenvalue weighted by atomic mass is 19.1. The topological polar surface area (TPSA) is 74.8 Å². The Hall–Kier alpha value is -3.09. The van der Waals surface area contributed by atoms with Crippen LogP contribution in [0.3, 0.4) is 0 Å². The molecule has 7 heteroatoms. The van der Waals surface area contributed by atoms with Crippen molar-refractivity contribution in [3.63, 3.8) is 0 Å². The van der Waals surface area contributed by atoms with Crippen molar-refractivity contribution in [3.8, 4) is 5.75 Å². The fraction of sp³-hybridized carbons (Fsp3) is 0.364. The molecule has 2 aromatic carbocycles. The molecule has 0 spiro atoms. The van der Waals surface area contributed by atoms with E-state index in [0.717, 1.165) is 23.3 Å². The monoisotopic (exact) mass is 400 g/mol. The Balaban J connectivity index is 1.66. The molecule has 0 aromatic heterocycles. The first-order chi connectivity index (χ1) is 14.0. The minimum absolute atomic E-state index is 0.104. The summed E-state index contributed by atoms with van der Waals surface area (Å²) in [5.74, 6) is 1.14. The van der Waals surface area contributed by atoms with E-state index in [4.69, 9.17) is 4.74 Å². The molecule has 0 aliphatic rings. The summed E-state index contributed by atoms with van der Waals surface area (Å²) in [5.41, 5.74) is 3.11. The first kappa shape index (κ1) is 22.2. The van der Waals surface area contributed by atoms with E-state index >= 15 is 0 Å². The van der Waals surface area contributed by atoms with Crippen LogP contribution in [0.15, 0.2) is 47.5 Å². The van der Waals surface area contributed by atoms with Crippen LogP contribution in [0, 0.1) is 12.7 Å². The molecule has 0 bridgehead atoms. The smallest absolute Gasteiger partial charge is 0.224 e. The number of benzene rings is 2. The lowest BCUT2D eigenvalue weighted by molar-refractivity contribution is -0.120. The molecule has 2 aromatic rings. The van der Waals surface area contributed by atoms with Gasteiger partial charge in [-0.25, -0.2) is 4.39 Å². The molecule has 6 nitrogen and oxygen atoms in total. The largest absolute Gasteiger partial charge is 0.496 e. The molecule has 0 radical (unpaired) electrons. The van der Waals surface area contributed by atoms with Crippen LogP contribution in [0.2, 0.25) is 0 Å².